The van der Waals surface area contributed by atoms with E-state index < -0.39 is 17.7 Å². The van der Waals surface area contributed by atoms with Crippen molar-refractivity contribution in [3.05, 3.63) is 65.7 Å². The third kappa shape index (κ3) is 3.15. The summed E-state index contributed by atoms with van der Waals surface area (Å²) in [5.74, 6) is -0.719. The average molecular weight is 333 g/mol. The molecule has 24 heavy (non-hydrogen) atoms. The minimum absolute atomic E-state index is 0.122. The molecule has 1 N–H and O–H groups in total. The van der Waals surface area contributed by atoms with Crippen LogP contribution in [0.3, 0.4) is 0 Å². The second-order valence-corrected chi connectivity index (χ2v) is 5.04. The molecule has 0 saturated carbocycles. The molecule has 122 valence electrons. The second kappa shape index (κ2) is 5.84. The van der Waals surface area contributed by atoms with Crippen LogP contribution >= 0.6 is 0 Å². The van der Waals surface area contributed by atoms with Gasteiger partial charge in [0.1, 0.15) is 5.69 Å². The fourth-order valence-corrected chi connectivity index (χ4v) is 2.18. The summed E-state index contributed by atoms with van der Waals surface area (Å²) in [4.78, 5) is 10.8. The van der Waals surface area contributed by atoms with Crippen molar-refractivity contribution in [1.29, 1.82) is 0 Å². The van der Waals surface area contributed by atoms with Crippen molar-refractivity contribution >= 4 is 5.97 Å². The summed E-state index contributed by atoms with van der Waals surface area (Å²) in [5.41, 5.74) is 0.470. The summed E-state index contributed by atoms with van der Waals surface area (Å²) in [6, 6.07) is 12.2. The Morgan fingerprint density at radius 1 is 1.00 bits per heavy atom. The van der Waals surface area contributed by atoms with Crippen LogP contribution < -0.4 is 0 Å². The molecule has 0 aliphatic heterocycles. The number of hydrogen-bond acceptors (Lipinski definition) is 3. The Bertz CT molecular complexity index is 883. The van der Waals surface area contributed by atoms with Crippen molar-refractivity contribution in [2.45, 2.75) is 6.18 Å². The molecule has 7 heteroatoms. The van der Waals surface area contributed by atoms with Crippen molar-refractivity contribution in [3.63, 3.8) is 0 Å². The van der Waals surface area contributed by atoms with E-state index in [0.29, 0.717) is 11.3 Å². The number of carbonyl (C=O) groups is 1. The average Bonchev–Trinajstić information content (AvgIpc) is 3.04. The van der Waals surface area contributed by atoms with E-state index in [4.69, 9.17) is 9.63 Å². The Kier molecular flexibility index (Phi) is 3.84. The van der Waals surface area contributed by atoms with Gasteiger partial charge < -0.3 is 9.63 Å². The van der Waals surface area contributed by atoms with Gasteiger partial charge in [-0.2, -0.15) is 13.2 Å². The minimum Gasteiger partial charge on any atom is -0.478 e. The second-order valence-electron chi connectivity index (χ2n) is 5.04. The molecule has 0 radical (unpaired) electrons. The lowest BCUT2D eigenvalue weighted by Gasteiger charge is -2.06. The van der Waals surface area contributed by atoms with Gasteiger partial charge in [-0.15, -0.1) is 0 Å². The van der Waals surface area contributed by atoms with E-state index in [-0.39, 0.29) is 16.8 Å². The van der Waals surface area contributed by atoms with Crippen molar-refractivity contribution in [2.75, 3.05) is 0 Å². The van der Waals surface area contributed by atoms with Gasteiger partial charge in [0.05, 0.1) is 11.1 Å². The van der Waals surface area contributed by atoms with Gasteiger partial charge in [0.2, 0.25) is 0 Å². The van der Waals surface area contributed by atoms with Crippen LogP contribution in [0.1, 0.15) is 15.9 Å². The fraction of sp³-hybridized carbons (Fsp3) is 0.0588. The smallest absolute Gasteiger partial charge is 0.416 e. The van der Waals surface area contributed by atoms with Gasteiger partial charge >= 0.3 is 12.1 Å². The normalized spacial score (nSPS) is 11.5. The summed E-state index contributed by atoms with van der Waals surface area (Å²) >= 11 is 0. The molecule has 4 nitrogen and oxygen atoms in total. The number of rotatable bonds is 3. The number of nitrogens with zero attached hydrogens (tertiary/aromatic N) is 1. The molecule has 1 heterocycles. The Labute approximate surface area is 134 Å². The molecule has 0 atom stereocenters. The highest BCUT2D eigenvalue weighted by atomic mass is 19.4. The van der Waals surface area contributed by atoms with Crippen LogP contribution in [0, 0.1) is 0 Å². The van der Waals surface area contributed by atoms with Crippen LogP contribution in [0.4, 0.5) is 13.2 Å². The Balaban J connectivity index is 1.92. The zero-order valence-electron chi connectivity index (χ0n) is 12.0. The number of halogens is 3. The lowest BCUT2D eigenvalue weighted by atomic mass is 10.1. The maximum atomic E-state index is 12.8. The monoisotopic (exact) mass is 333 g/mol. The highest BCUT2D eigenvalue weighted by molar-refractivity contribution is 5.88. The Morgan fingerprint density at radius 2 is 1.71 bits per heavy atom. The first-order valence-corrected chi connectivity index (χ1v) is 6.83. The van der Waals surface area contributed by atoms with Gasteiger partial charge in [-0.1, -0.05) is 29.4 Å². The van der Waals surface area contributed by atoms with E-state index in [1.807, 2.05) is 0 Å². The van der Waals surface area contributed by atoms with Gasteiger partial charge in [0.15, 0.2) is 5.76 Å². The Morgan fingerprint density at radius 3 is 2.33 bits per heavy atom. The zero-order chi connectivity index (χ0) is 17.3. The molecule has 0 spiro atoms. The van der Waals surface area contributed by atoms with Crippen molar-refractivity contribution in [1.82, 2.24) is 5.16 Å². The van der Waals surface area contributed by atoms with Gasteiger partial charge in [-0.05, 0) is 24.3 Å². The van der Waals surface area contributed by atoms with Crippen LogP contribution in [-0.2, 0) is 6.18 Å². The molecule has 0 bridgehead atoms. The molecule has 2 aromatic carbocycles. The number of aromatic carboxylic acids is 1. The minimum atomic E-state index is -4.44. The Hall–Kier alpha value is -3.09. The number of carboxylic acid groups (broad SMARTS) is 1. The highest BCUT2D eigenvalue weighted by Crippen LogP contribution is 2.33. The maximum absolute atomic E-state index is 12.8. The van der Waals surface area contributed by atoms with Crippen molar-refractivity contribution in [2.24, 2.45) is 0 Å². The lowest BCUT2D eigenvalue weighted by Crippen LogP contribution is -2.04. The van der Waals surface area contributed by atoms with E-state index in [2.05, 4.69) is 5.16 Å². The summed E-state index contributed by atoms with van der Waals surface area (Å²) in [6.45, 7) is 0. The van der Waals surface area contributed by atoms with Crippen LogP contribution in [0.15, 0.2) is 59.1 Å². The van der Waals surface area contributed by atoms with E-state index in [0.717, 1.165) is 12.1 Å². The van der Waals surface area contributed by atoms with Gasteiger partial charge in [-0.3, -0.25) is 0 Å². The van der Waals surface area contributed by atoms with E-state index in [9.17, 15) is 18.0 Å². The SMILES string of the molecule is O=C(O)c1ccc(-c2cc(-c3cccc(C(F)(F)F)c3)no2)cc1. The first kappa shape index (κ1) is 15.8. The van der Waals surface area contributed by atoms with Crippen LogP contribution in [0.5, 0.6) is 0 Å². The van der Waals surface area contributed by atoms with Crippen LogP contribution in [0.2, 0.25) is 0 Å². The summed E-state index contributed by atoms with van der Waals surface area (Å²) in [6.07, 6.45) is -4.44. The third-order valence-corrected chi connectivity index (χ3v) is 3.41. The quantitative estimate of drug-likeness (QED) is 0.753. The van der Waals surface area contributed by atoms with Crippen molar-refractivity contribution in [3.8, 4) is 22.6 Å². The fourth-order valence-electron chi connectivity index (χ4n) is 2.18. The standard InChI is InChI=1S/C17H10F3NO3/c18-17(19,20)13-3-1-2-12(8-13)14-9-15(24-21-14)10-4-6-11(7-5-10)16(22)23/h1-9H,(H,22,23). The van der Waals surface area contributed by atoms with Gasteiger partial charge in [-0.25, -0.2) is 4.79 Å². The molecule has 1 aromatic heterocycles. The number of hydrogen-bond donors (Lipinski definition) is 1. The summed E-state index contributed by atoms with van der Waals surface area (Å²) in [5, 5.41) is 12.6. The largest absolute Gasteiger partial charge is 0.478 e. The number of carboxylic acids is 1. The van der Waals surface area contributed by atoms with Crippen LogP contribution in [0.25, 0.3) is 22.6 Å². The molecular formula is C17H10F3NO3. The number of alkyl halides is 3. The molecule has 0 saturated heterocycles. The lowest BCUT2D eigenvalue weighted by molar-refractivity contribution is -0.137. The molecule has 3 aromatic rings. The molecule has 0 fully saturated rings. The predicted octanol–water partition coefficient (Wildman–Crippen LogP) is 4.73. The number of aromatic nitrogens is 1. The molecular weight excluding hydrogens is 323 g/mol. The molecule has 0 amide bonds. The first-order valence-electron chi connectivity index (χ1n) is 6.83. The topological polar surface area (TPSA) is 63.3 Å². The molecule has 3 rings (SSSR count). The predicted molar refractivity (Wildman–Crippen MR) is 79.3 cm³/mol. The van der Waals surface area contributed by atoms with Gasteiger partial charge in [0.25, 0.3) is 0 Å². The van der Waals surface area contributed by atoms with E-state index >= 15 is 0 Å². The number of benzene rings is 2. The molecule has 0 aliphatic carbocycles. The summed E-state index contributed by atoms with van der Waals surface area (Å²) < 4.78 is 43.4. The summed E-state index contributed by atoms with van der Waals surface area (Å²) in [7, 11) is 0. The molecule has 0 aliphatic rings. The highest BCUT2D eigenvalue weighted by Gasteiger charge is 2.30. The van der Waals surface area contributed by atoms with E-state index in [1.54, 1.807) is 12.1 Å². The van der Waals surface area contributed by atoms with Crippen molar-refractivity contribution < 1.29 is 27.6 Å². The van der Waals surface area contributed by atoms with Gasteiger partial charge in [0, 0.05) is 17.2 Å². The third-order valence-electron chi connectivity index (χ3n) is 3.41. The van der Waals surface area contributed by atoms with E-state index in [1.165, 1.54) is 30.3 Å². The zero-order valence-corrected chi connectivity index (χ0v) is 12.0. The van der Waals surface area contributed by atoms with Crippen LogP contribution in [-0.4, -0.2) is 16.2 Å². The first-order chi connectivity index (χ1) is 11.3. The maximum Gasteiger partial charge on any atom is 0.416 e. The molecule has 0 unspecified atom stereocenters.